The second kappa shape index (κ2) is 26.8. The quantitative estimate of drug-likeness (QED) is 0.0440. The van der Waals surface area contributed by atoms with E-state index in [1.807, 2.05) is 62.4 Å². The summed E-state index contributed by atoms with van der Waals surface area (Å²) >= 11 is 0. The predicted octanol–water partition coefficient (Wildman–Crippen LogP) is 13.0. The van der Waals surface area contributed by atoms with Crippen molar-refractivity contribution in [2.24, 2.45) is 0 Å². The Morgan fingerprint density at radius 1 is 0.520 bits per heavy atom. The van der Waals surface area contributed by atoms with Crippen molar-refractivity contribution in [2.75, 3.05) is 54.9 Å². The van der Waals surface area contributed by atoms with Crippen molar-refractivity contribution < 1.29 is 54.5 Å². The highest BCUT2D eigenvalue weighted by molar-refractivity contribution is 8.13. The fourth-order valence-electron chi connectivity index (χ4n) is 9.82. The van der Waals surface area contributed by atoms with E-state index in [1.54, 1.807) is 64.8 Å². The Hall–Kier alpha value is -5.77. The van der Waals surface area contributed by atoms with E-state index in [0.717, 1.165) is 90.6 Å². The largest absolute Gasteiger partial charge is 0.497 e. The number of aliphatic hydroxyl groups is 1. The van der Waals surface area contributed by atoms with Crippen molar-refractivity contribution in [3.05, 3.63) is 167 Å². The first-order valence-corrected chi connectivity index (χ1v) is 29.1. The van der Waals surface area contributed by atoms with E-state index in [2.05, 4.69) is 50.2 Å². The second-order valence-corrected chi connectivity index (χ2v) is 23.7. The molecule has 1 N–H and O–H groups in total. The maximum absolute atomic E-state index is 12.4. The molecule has 2 aliphatic rings. The summed E-state index contributed by atoms with van der Waals surface area (Å²) in [7, 11) is 4.50. The number of rotatable bonds is 20. The summed E-state index contributed by atoms with van der Waals surface area (Å²) in [5, 5.41) is 9.10. The number of unbranched alkanes of at least 4 members (excludes halogenated alkanes) is 4. The van der Waals surface area contributed by atoms with Gasteiger partial charge in [0.2, 0.25) is 0 Å². The molecule has 4 unspecified atom stereocenters. The molecule has 6 aromatic carbocycles. The van der Waals surface area contributed by atoms with Crippen LogP contribution < -0.4 is 28.4 Å². The number of aryl methyl sites for hydroxylation is 2. The first kappa shape index (κ1) is 58.5. The minimum Gasteiger partial charge on any atom is -0.497 e. The lowest BCUT2D eigenvalue weighted by molar-refractivity contribution is 0.161. The lowest BCUT2D eigenvalue weighted by Crippen LogP contribution is -2.40. The Kier molecular flexibility index (Phi) is 20.9. The van der Waals surface area contributed by atoms with Gasteiger partial charge in [-0.2, -0.15) is 8.42 Å². The van der Waals surface area contributed by atoms with Gasteiger partial charge in [0.1, 0.15) is 34.5 Å². The molecule has 0 spiro atoms. The Morgan fingerprint density at radius 3 is 1.29 bits per heavy atom. The van der Waals surface area contributed by atoms with Gasteiger partial charge in [-0.15, -0.1) is 0 Å². The Balaban J connectivity index is 0.000000209. The fraction of sp³-hybridized carbons (Fsp3) is 0.400. The SMILES string of the molecule is COc1ccc(C2(C)COc3cc(OC)ccc3C2CCCCCO)cc1.COc1ccc(C2(C)COc3cc(OC)ccc3C2CCCCCOS(=O)(=O)c2ccc(C)cc2)cc1.Cc1ccc(S(=O)(=O)Cl)cc1. The Morgan fingerprint density at radius 2 is 0.907 bits per heavy atom. The third-order valence-corrected chi connectivity index (χ3v) is 17.1. The summed E-state index contributed by atoms with van der Waals surface area (Å²) < 4.78 is 85.5. The van der Waals surface area contributed by atoms with Crippen molar-refractivity contribution in [1.82, 2.24) is 0 Å². The van der Waals surface area contributed by atoms with Crippen LogP contribution >= 0.6 is 10.7 Å². The van der Waals surface area contributed by atoms with Crippen LogP contribution in [0.15, 0.2) is 143 Å². The summed E-state index contributed by atoms with van der Waals surface area (Å²) in [6.45, 7) is 9.97. The van der Waals surface area contributed by atoms with Gasteiger partial charge in [0.25, 0.3) is 19.2 Å². The maximum Gasteiger partial charge on any atom is 0.296 e. The van der Waals surface area contributed by atoms with E-state index in [1.165, 1.54) is 34.4 Å². The molecule has 0 aromatic heterocycles. The Labute approximate surface area is 449 Å². The highest BCUT2D eigenvalue weighted by atomic mass is 35.7. The number of fused-ring (bicyclic) bond motifs is 2. The first-order chi connectivity index (χ1) is 35.9. The van der Waals surface area contributed by atoms with Crippen LogP contribution in [0.5, 0.6) is 34.5 Å². The molecule has 2 heterocycles. The summed E-state index contributed by atoms with van der Waals surface area (Å²) in [4.78, 5) is 0.340. The standard InChI is InChI=1S/C30H36O6S.C23H30O4.C7H7ClO2S/c1-22-9-16-26(17-10-22)37(31,32)36-19-7-5-6-8-28-27-18-15-25(34-4)20-29(27)35-21-30(28,2)23-11-13-24(33-3)14-12-23;1-23(17-8-10-18(25-2)11-9-17)16-27-22-15-19(26-3)12-13-20(22)21(23)7-5-4-6-14-24;1-6-2-4-7(5-3-6)11(8,9)10/h9-18,20,28H,5-8,19,21H2,1-4H3;8-13,15,21,24H,4-7,14,16H2,1-3H3;2-5H,1H3. The monoisotopic (exact) mass is 1080 g/mol. The lowest BCUT2D eigenvalue weighted by atomic mass is 9.66. The molecule has 4 atom stereocenters. The second-order valence-electron chi connectivity index (χ2n) is 19.5. The van der Waals surface area contributed by atoms with Crippen molar-refractivity contribution in [3.63, 3.8) is 0 Å². The van der Waals surface area contributed by atoms with Gasteiger partial charge in [-0.25, -0.2) is 8.42 Å². The van der Waals surface area contributed by atoms with Gasteiger partial charge in [-0.05, 0) is 122 Å². The fourth-order valence-corrected chi connectivity index (χ4v) is 11.5. The van der Waals surface area contributed by atoms with Crippen LogP contribution in [-0.4, -0.2) is 76.8 Å². The number of hydrogen-bond acceptors (Lipinski definition) is 12. The van der Waals surface area contributed by atoms with Gasteiger partial charge in [-0.1, -0.05) is 111 Å². The molecule has 0 fully saturated rings. The molecule has 404 valence electrons. The highest BCUT2D eigenvalue weighted by Crippen LogP contribution is 2.51. The molecule has 0 aliphatic carbocycles. The number of methoxy groups -OCH3 is 4. The van der Waals surface area contributed by atoms with Crippen LogP contribution in [0.4, 0.5) is 0 Å². The summed E-state index contributed by atoms with van der Waals surface area (Å²) in [5.41, 5.74) is 6.55. The van der Waals surface area contributed by atoms with Crippen LogP contribution in [0, 0.1) is 13.8 Å². The number of benzene rings is 6. The molecular formula is C60H73ClO12S2. The molecule has 0 radical (unpaired) electrons. The van der Waals surface area contributed by atoms with E-state index in [0.29, 0.717) is 25.6 Å². The van der Waals surface area contributed by atoms with E-state index in [9.17, 15) is 16.8 Å². The van der Waals surface area contributed by atoms with Gasteiger partial charge < -0.3 is 33.5 Å². The lowest BCUT2D eigenvalue weighted by Gasteiger charge is -2.43. The average molecular weight is 1090 g/mol. The zero-order chi connectivity index (χ0) is 54.2. The molecule has 0 amide bonds. The van der Waals surface area contributed by atoms with Crippen molar-refractivity contribution in [3.8, 4) is 34.5 Å². The average Bonchev–Trinajstić information content (AvgIpc) is 3.42. The molecular weight excluding hydrogens is 1010 g/mol. The highest BCUT2D eigenvalue weighted by Gasteiger charge is 2.43. The van der Waals surface area contributed by atoms with Gasteiger partial charge in [0.15, 0.2) is 0 Å². The van der Waals surface area contributed by atoms with Crippen LogP contribution in [-0.2, 0) is 34.2 Å². The molecule has 0 bridgehead atoms. The van der Waals surface area contributed by atoms with E-state index < -0.39 is 19.2 Å². The summed E-state index contributed by atoms with van der Waals surface area (Å²) in [5.74, 6) is 5.65. The third kappa shape index (κ3) is 15.2. The van der Waals surface area contributed by atoms with Crippen LogP contribution in [0.2, 0.25) is 0 Å². The molecule has 8 rings (SSSR count). The molecule has 12 nitrogen and oxygen atoms in total. The third-order valence-electron chi connectivity index (χ3n) is 14.4. The summed E-state index contributed by atoms with van der Waals surface area (Å²) in [6, 6.07) is 41.9. The zero-order valence-corrected chi connectivity index (χ0v) is 46.9. The normalized spacial score (nSPS) is 18.7. The smallest absolute Gasteiger partial charge is 0.296 e. The van der Waals surface area contributed by atoms with Crippen molar-refractivity contribution in [2.45, 2.75) is 112 Å². The van der Waals surface area contributed by atoms with E-state index >= 15 is 0 Å². The van der Waals surface area contributed by atoms with Crippen molar-refractivity contribution >= 4 is 29.9 Å². The minimum atomic E-state index is -3.73. The number of hydrogen-bond donors (Lipinski definition) is 1. The van der Waals surface area contributed by atoms with Gasteiger partial charge in [-0.3, -0.25) is 4.18 Å². The summed E-state index contributed by atoms with van der Waals surface area (Å²) in [6.07, 6.45) is 7.46. The maximum atomic E-state index is 12.4. The minimum absolute atomic E-state index is 0.118. The van der Waals surface area contributed by atoms with Crippen molar-refractivity contribution in [1.29, 1.82) is 0 Å². The van der Waals surface area contributed by atoms with E-state index in [-0.39, 0.29) is 39.8 Å². The number of halogens is 1. The molecule has 6 aromatic rings. The van der Waals surface area contributed by atoms with Gasteiger partial charge in [0.05, 0.1) is 58.1 Å². The molecule has 75 heavy (non-hydrogen) atoms. The molecule has 0 saturated carbocycles. The van der Waals surface area contributed by atoms with E-state index in [4.69, 9.17) is 48.4 Å². The molecule has 0 saturated heterocycles. The Bertz CT molecular complexity index is 2970. The number of ether oxygens (including phenoxy) is 6. The van der Waals surface area contributed by atoms with Crippen LogP contribution in [0.1, 0.15) is 110 Å². The molecule has 2 aliphatic heterocycles. The first-order valence-electron chi connectivity index (χ1n) is 25.4. The van der Waals surface area contributed by atoms with Gasteiger partial charge >= 0.3 is 0 Å². The molecule has 15 heteroatoms. The number of aliphatic hydroxyl groups excluding tert-OH is 1. The topological polar surface area (TPSA) is 153 Å². The predicted molar refractivity (Wildman–Crippen MR) is 296 cm³/mol. The van der Waals surface area contributed by atoms with Crippen LogP contribution in [0.3, 0.4) is 0 Å². The van der Waals surface area contributed by atoms with Crippen LogP contribution in [0.25, 0.3) is 0 Å². The zero-order valence-electron chi connectivity index (χ0n) is 44.5. The van der Waals surface area contributed by atoms with Gasteiger partial charge in [0, 0.05) is 52.1 Å².